The van der Waals surface area contributed by atoms with E-state index >= 15 is 0 Å². The molecular formula is C15H19NO2. The molecule has 1 amide bonds. The van der Waals surface area contributed by atoms with E-state index in [4.69, 9.17) is 0 Å². The second-order valence-corrected chi connectivity index (χ2v) is 4.20. The monoisotopic (exact) mass is 245 g/mol. The van der Waals surface area contributed by atoms with Crippen molar-refractivity contribution in [3.05, 3.63) is 48.0 Å². The zero-order valence-electron chi connectivity index (χ0n) is 10.9. The third-order valence-corrected chi connectivity index (χ3v) is 2.72. The Morgan fingerprint density at radius 3 is 2.44 bits per heavy atom. The number of amides is 1. The van der Waals surface area contributed by atoms with Gasteiger partial charge in [0, 0.05) is 12.1 Å². The predicted molar refractivity (Wildman–Crippen MR) is 72.5 cm³/mol. The molecule has 3 heteroatoms. The molecule has 0 heterocycles. The van der Waals surface area contributed by atoms with Gasteiger partial charge in [0.05, 0.1) is 0 Å². The Balaban J connectivity index is 2.91. The SMILES string of the molecule is C=CCC(C(=O)NCC)C(=O)c1ccc(C)cc1. The average Bonchev–Trinajstić information content (AvgIpc) is 2.36. The van der Waals surface area contributed by atoms with Crippen LogP contribution in [-0.4, -0.2) is 18.2 Å². The van der Waals surface area contributed by atoms with Crippen LogP contribution in [0.25, 0.3) is 0 Å². The lowest BCUT2D eigenvalue weighted by Crippen LogP contribution is -2.35. The normalized spacial score (nSPS) is 11.7. The van der Waals surface area contributed by atoms with Crippen molar-refractivity contribution in [3.63, 3.8) is 0 Å². The van der Waals surface area contributed by atoms with Gasteiger partial charge in [-0.3, -0.25) is 9.59 Å². The minimum absolute atomic E-state index is 0.152. The van der Waals surface area contributed by atoms with E-state index in [1.807, 2.05) is 26.0 Å². The van der Waals surface area contributed by atoms with Crippen LogP contribution in [0.5, 0.6) is 0 Å². The zero-order chi connectivity index (χ0) is 13.5. The van der Waals surface area contributed by atoms with Gasteiger partial charge < -0.3 is 5.32 Å². The van der Waals surface area contributed by atoms with Gasteiger partial charge in [-0.1, -0.05) is 35.9 Å². The first kappa shape index (κ1) is 14.2. The number of aryl methyl sites for hydroxylation is 1. The Morgan fingerprint density at radius 1 is 1.33 bits per heavy atom. The molecule has 0 aromatic heterocycles. The number of hydrogen-bond acceptors (Lipinski definition) is 2. The van der Waals surface area contributed by atoms with Crippen LogP contribution in [0.4, 0.5) is 0 Å². The lowest BCUT2D eigenvalue weighted by molar-refractivity contribution is -0.123. The average molecular weight is 245 g/mol. The van der Waals surface area contributed by atoms with E-state index in [0.717, 1.165) is 5.56 Å². The van der Waals surface area contributed by atoms with Gasteiger partial charge in [-0.25, -0.2) is 0 Å². The van der Waals surface area contributed by atoms with Crippen molar-refractivity contribution < 1.29 is 9.59 Å². The quantitative estimate of drug-likeness (QED) is 0.475. The first-order valence-corrected chi connectivity index (χ1v) is 6.09. The maximum atomic E-state index is 12.3. The molecule has 1 N–H and O–H groups in total. The van der Waals surface area contributed by atoms with E-state index < -0.39 is 5.92 Å². The maximum absolute atomic E-state index is 12.3. The van der Waals surface area contributed by atoms with Crippen LogP contribution in [0.3, 0.4) is 0 Å². The summed E-state index contributed by atoms with van der Waals surface area (Å²) < 4.78 is 0. The topological polar surface area (TPSA) is 46.2 Å². The van der Waals surface area contributed by atoms with Crippen LogP contribution in [0.15, 0.2) is 36.9 Å². The molecule has 0 radical (unpaired) electrons. The molecule has 96 valence electrons. The van der Waals surface area contributed by atoms with Crippen LogP contribution in [-0.2, 0) is 4.79 Å². The van der Waals surface area contributed by atoms with Gasteiger partial charge in [-0.15, -0.1) is 6.58 Å². The fourth-order valence-corrected chi connectivity index (χ4v) is 1.72. The third-order valence-electron chi connectivity index (χ3n) is 2.72. The Hall–Kier alpha value is -1.90. The summed E-state index contributed by atoms with van der Waals surface area (Å²) in [5.41, 5.74) is 1.66. The molecule has 0 saturated carbocycles. The van der Waals surface area contributed by atoms with Crippen LogP contribution in [0.1, 0.15) is 29.3 Å². The van der Waals surface area contributed by atoms with E-state index in [0.29, 0.717) is 18.5 Å². The summed E-state index contributed by atoms with van der Waals surface area (Å²) in [6.45, 7) is 7.91. The minimum Gasteiger partial charge on any atom is -0.356 e. The molecule has 0 fully saturated rings. The highest BCUT2D eigenvalue weighted by Gasteiger charge is 2.25. The summed E-state index contributed by atoms with van der Waals surface area (Å²) in [6, 6.07) is 7.26. The molecule has 1 atom stereocenters. The number of rotatable bonds is 6. The second-order valence-electron chi connectivity index (χ2n) is 4.20. The lowest BCUT2D eigenvalue weighted by Gasteiger charge is -2.13. The third kappa shape index (κ3) is 3.55. The van der Waals surface area contributed by atoms with E-state index in [2.05, 4.69) is 11.9 Å². The number of carbonyl (C=O) groups is 2. The zero-order valence-corrected chi connectivity index (χ0v) is 10.9. The fraction of sp³-hybridized carbons (Fsp3) is 0.333. The van der Waals surface area contributed by atoms with Gasteiger partial charge in [0.25, 0.3) is 0 Å². The van der Waals surface area contributed by atoms with E-state index in [1.165, 1.54) is 0 Å². The van der Waals surface area contributed by atoms with E-state index in [-0.39, 0.29) is 11.7 Å². The smallest absolute Gasteiger partial charge is 0.231 e. The molecule has 0 bridgehead atoms. The van der Waals surface area contributed by atoms with Crippen LogP contribution in [0, 0.1) is 12.8 Å². The summed E-state index contributed by atoms with van der Waals surface area (Å²) in [7, 11) is 0. The Bertz CT molecular complexity index is 434. The van der Waals surface area contributed by atoms with Crippen molar-refractivity contribution in [2.75, 3.05) is 6.54 Å². The Labute approximate surface area is 108 Å². The number of hydrogen-bond donors (Lipinski definition) is 1. The molecule has 1 aromatic rings. The number of allylic oxidation sites excluding steroid dienone is 1. The van der Waals surface area contributed by atoms with Crippen LogP contribution >= 0.6 is 0 Å². The van der Waals surface area contributed by atoms with Crippen LogP contribution < -0.4 is 5.32 Å². The van der Waals surface area contributed by atoms with Crippen molar-refractivity contribution in [2.24, 2.45) is 5.92 Å². The summed E-state index contributed by atoms with van der Waals surface area (Å²) in [5, 5.41) is 2.68. The van der Waals surface area contributed by atoms with Crippen LogP contribution in [0.2, 0.25) is 0 Å². The van der Waals surface area contributed by atoms with Crippen molar-refractivity contribution in [2.45, 2.75) is 20.3 Å². The molecule has 18 heavy (non-hydrogen) atoms. The highest BCUT2D eigenvalue weighted by atomic mass is 16.2. The van der Waals surface area contributed by atoms with Crippen molar-refractivity contribution in [1.82, 2.24) is 5.32 Å². The van der Waals surface area contributed by atoms with Crippen molar-refractivity contribution in [1.29, 1.82) is 0 Å². The summed E-state index contributed by atoms with van der Waals surface area (Å²) in [6.07, 6.45) is 1.96. The standard InChI is InChI=1S/C15H19NO2/c1-4-6-13(15(18)16-5-2)14(17)12-9-7-11(3)8-10-12/h4,7-10,13H,1,5-6H2,2-3H3,(H,16,18). The van der Waals surface area contributed by atoms with Gasteiger partial charge in [0.1, 0.15) is 5.92 Å². The molecule has 0 spiro atoms. The highest BCUT2D eigenvalue weighted by molar-refractivity contribution is 6.10. The number of carbonyl (C=O) groups excluding carboxylic acids is 2. The molecule has 1 aromatic carbocycles. The molecule has 1 unspecified atom stereocenters. The fourth-order valence-electron chi connectivity index (χ4n) is 1.72. The van der Waals surface area contributed by atoms with Crippen molar-refractivity contribution >= 4 is 11.7 Å². The molecule has 0 aliphatic rings. The van der Waals surface area contributed by atoms with Gasteiger partial charge in [0.15, 0.2) is 5.78 Å². The van der Waals surface area contributed by atoms with Gasteiger partial charge in [-0.2, -0.15) is 0 Å². The molecule has 0 saturated heterocycles. The molecule has 0 aliphatic carbocycles. The van der Waals surface area contributed by atoms with E-state index in [9.17, 15) is 9.59 Å². The summed E-state index contributed by atoms with van der Waals surface area (Å²) in [4.78, 5) is 24.1. The molecular weight excluding hydrogens is 226 g/mol. The lowest BCUT2D eigenvalue weighted by atomic mass is 9.93. The second kappa shape index (κ2) is 6.74. The Morgan fingerprint density at radius 2 is 1.94 bits per heavy atom. The number of benzene rings is 1. The molecule has 3 nitrogen and oxygen atoms in total. The minimum atomic E-state index is -0.676. The number of ketones is 1. The largest absolute Gasteiger partial charge is 0.356 e. The summed E-state index contributed by atoms with van der Waals surface area (Å²) >= 11 is 0. The van der Waals surface area contributed by atoms with Gasteiger partial charge >= 0.3 is 0 Å². The van der Waals surface area contributed by atoms with E-state index in [1.54, 1.807) is 18.2 Å². The van der Waals surface area contributed by atoms with Gasteiger partial charge in [0.2, 0.25) is 5.91 Å². The number of nitrogens with one attached hydrogen (secondary N) is 1. The molecule has 0 aliphatic heterocycles. The van der Waals surface area contributed by atoms with Crippen molar-refractivity contribution in [3.8, 4) is 0 Å². The first-order chi connectivity index (χ1) is 8.60. The predicted octanol–water partition coefficient (Wildman–Crippen LogP) is 2.51. The molecule has 1 rings (SSSR count). The highest BCUT2D eigenvalue weighted by Crippen LogP contribution is 2.14. The first-order valence-electron chi connectivity index (χ1n) is 6.09. The Kier molecular flexibility index (Phi) is 5.31. The van der Waals surface area contributed by atoms with Gasteiger partial charge in [-0.05, 0) is 20.3 Å². The summed E-state index contributed by atoms with van der Waals surface area (Å²) in [5.74, 6) is -1.06. The maximum Gasteiger partial charge on any atom is 0.231 e. The number of Topliss-reactive ketones (excluding diaryl/α,β-unsaturated/α-hetero) is 1.